The maximum atomic E-state index is 12.7. The lowest BCUT2D eigenvalue weighted by Crippen LogP contribution is -2.18. The maximum Gasteiger partial charge on any atom is 0.274 e. The zero-order valence-electron chi connectivity index (χ0n) is 14.5. The molecule has 0 fully saturated rings. The molecule has 0 aliphatic carbocycles. The van der Waals surface area contributed by atoms with Crippen LogP contribution in [0.1, 0.15) is 41.3 Å². The van der Waals surface area contributed by atoms with Crippen LogP contribution in [0.15, 0.2) is 36.9 Å². The minimum absolute atomic E-state index is 0.224. The van der Waals surface area contributed by atoms with Crippen LogP contribution in [-0.4, -0.2) is 22.4 Å². The lowest BCUT2D eigenvalue weighted by atomic mass is 10.0. The van der Waals surface area contributed by atoms with E-state index in [-0.39, 0.29) is 5.91 Å². The quantitative estimate of drug-likeness (QED) is 0.761. The Morgan fingerprint density at radius 2 is 1.88 bits per heavy atom. The molecular weight excluding hydrogens is 300 g/mol. The van der Waals surface area contributed by atoms with Crippen molar-refractivity contribution in [3.63, 3.8) is 0 Å². The van der Waals surface area contributed by atoms with E-state index in [4.69, 9.17) is 0 Å². The van der Waals surface area contributed by atoms with Crippen LogP contribution in [0.3, 0.4) is 0 Å². The molecule has 0 radical (unpaired) electrons. The van der Waals surface area contributed by atoms with E-state index >= 15 is 0 Å². The van der Waals surface area contributed by atoms with Crippen LogP contribution in [0, 0.1) is 6.92 Å². The molecule has 0 saturated heterocycles. The molecule has 24 heavy (non-hydrogen) atoms. The Morgan fingerprint density at radius 1 is 1.21 bits per heavy atom. The standard InChI is InChI=1S/C19H24N4O/c1-5-11-20-17-12-16(21-13(4)22-17)19(24)23-18-14(6-2)9-8-10-15(18)7-3/h5,8-10,12H,1,6-7,11H2,2-4H3,(H,23,24)(H,20,21,22). The highest BCUT2D eigenvalue weighted by Crippen LogP contribution is 2.23. The van der Waals surface area contributed by atoms with E-state index in [0.29, 0.717) is 23.9 Å². The summed E-state index contributed by atoms with van der Waals surface area (Å²) in [5, 5.41) is 6.12. The summed E-state index contributed by atoms with van der Waals surface area (Å²) >= 11 is 0. The Balaban J connectivity index is 2.30. The van der Waals surface area contributed by atoms with E-state index < -0.39 is 0 Å². The summed E-state index contributed by atoms with van der Waals surface area (Å²) in [6, 6.07) is 7.76. The second kappa shape index (κ2) is 8.24. The number of nitrogens with zero attached hydrogens (tertiary/aromatic N) is 2. The third-order valence-corrected chi connectivity index (χ3v) is 3.74. The summed E-state index contributed by atoms with van der Waals surface area (Å²) in [6.45, 7) is 10.2. The van der Waals surface area contributed by atoms with Crippen molar-refractivity contribution in [2.24, 2.45) is 0 Å². The molecule has 2 aromatic rings. The van der Waals surface area contributed by atoms with Crippen LogP contribution in [0.25, 0.3) is 0 Å². The van der Waals surface area contributed by atoms with Gasteiger partial charge < -0.3 is 10.6 Å². The van der Waals surface area contributed by atoms with Gasteiger partial charge in [0.1, 0.15) is 17.3 Å². The van der Waals surface area contributed by atoms with Crippen molar-refractivity contribution in [3.8, 4) is 0 Å². The monoisotopic (exact) mass is 324 g/mol. The number of aryl methyl sites for hydroxylation is 3. The number of amides is 1. The topological polar surface area (TPSA) is 66.9 Å². The number of rotatable bonds is 7. The number of anilines is 2. The van der Waals surface area contributed by atoms with Gasteiger partial charge in [-0.05, 0) is 30.9 Å². The van der Waals surface area contributed by atoms with Crippen molar-refractivity contribution in [2.45, 2.75) is 33.6 Å². The molecule has 0 aliphatic heterocycles. The van der Waals surface area contributed by atoms with Crippen molar-refractivity contribution >= 4 is 17.4 Å². The van der Waals surface area contributed by atoms with Gasteiger partial charge in [0.2, 0.25) is 0 Å². The second-order valence-corrected chi connectivity index (χ2v) is 5.47. The number of carbonyl (C=O) groups is 1. The van der Waals surface area contributed by atoms with Gasteiger partial charge >= 0.3 is 0 Å². The highest BCUT2D eigenvalue weighted by Gasteiger charge is 2.14. The van der Waals surface area contributed by atoms with Crippen LogP contribution in [0.4, 0.5) is 11.5 Å². The van der Waals surface area contributed by atoms with Crippen molar-refractivity contribution in [1.82, 2.24) is 9.97 Å². The van der Waals surface area contributed by atoms with Crippen molar-refractivity contribution in [1.29, 1.82) is 0 Å². The van der Waals surface area contributed by atoms with Gasteiger partial charge in [0.05, 0.1) is 0 Å². The van der Waals surface area contributed by atoms with Gasteiger partial charge in [-0.15, -0.1) is 6.58 Å². The van der Waals surface area contributed by atoms with Gasteiger partial charge in [-0.25, -0.2) is 9.97 Å². The average Bonchev–Trinajstić information content (AvgIpc) is 2.59. The maximum absolute atomic E-state index is 12.7. The Bertz CT molecular complexity index is 718. The summed E-state index contributed by atoms with van der Waals surface area (Å²) in [5.41, 5.74) is 3.49. The van der Waals surface area contributed by atoms with Crippen LogP contribution in [0.2, 0.25) is 0 Å². The number of aromatic nitrogens is 2. The van der Waals surface area contributed by atoms with Gasteiger partial charge in [0.15, 0.2) is 0 Å². The second-order valence-electron chi connectivity index (χ2n) is 5.47. The third kappa shape index (κ3) is 4.19. The predicted octanol–water partition coefficient (Wildman–Crippen LogP) is 3.76. The first kappa shape index (κ1) is 17.7. The first-order valence-corrected chi connectivity index (χ1v) is 8.21. The Hall–Kier alpha value is -2.69. The fourth-order valence-corrected chi connectivity index (χ4v) is 2.53. The summed E-state index contributed by atoms with van der Waals surface area (Å²) in [4.78, 5) is 21.2. The van der Waals surface area contributed by atoms with Crippen LogP contribution in [-0.2, 0) is 12.8 Å². The van der Waals surface area contributed by atoms with Crippen molar-refractivity contribution in [3.05, 3.63) is 59.6 Å². The van der Waals surface area contributed by atoms with Gasteiger partial charge in [-0.3, -0.25) is 4.79 Å². The van der Waals surface area contributed by atoms with E-state index in [1.165, 1.54) is 0 Å². The van der Waals surface area contributed by atoms with Crippen molar-refractivity contribution < 1.29 is 4.79 Å². The van der Waals surface area contributed by atoms with E-state index in [9.17, 15) is 4.79 Å². The molecule has 1 amide bonds. The van der Waals surface area contributed by atoms with Crippen LogP contribution < -0.4 is 10.6 Å². The molecule has 0 aliphatic rings. The number of nitrogens with one attached hydrogen (secondary N) is 2. The molecule has 0 bridgehead atoms. The zero-order valence-corrected chi connectivity index (χ0v) is 14.5. The smallest absolute Gasteiger partial charge is 0.274 e. The molecular formula is C19H24N4O. The van der Waals surface area contributed by atoms with E-state index in [0.717, 1.165) is 29.7 Å². The lowest BCUT2D eigenvalue weighted by Gasteiger charge is -2.14. The highest BCUT2D eigenvalue weighted by molar-refractivity contribution is 6.04. The Morgan fingerprint density at radius 3 is 2.46 bits per heavy atom. The first-order valence-electron chi connectivity index (χ1n) is 8.21. The van der Waals surface area contributed by atoms with E-state index in [1.807, 2.05) is 18.2 Å². The molecule has 2 rings (SSSR count). The molecule has 126 valence electrons. The molecule has 0 spiro atoms. The summed E-state index contributed by atoms with van der Waals surface area (Å²) in [6.07, 6.45) is 3.46. The van der Waals surface area contributed by atoms with E-state index in [2.05, 4.69) is 41.0 Å². The van der Waals surface area contributed by atoms with E-state index in [1.54, 1.807) is 19.1 Å². The summed E-state index contributed by atoms with van der Waals surface area (Å²) in [5.74, 6) is 0.943. The fourth-order valence-electron chi connectivity index (χ4n) is 2.53. The molecule has 5 heteroatoms. The molecule has 2 N–H and O–H groups in total. The van der Waals surface area contributed by atoms with Gasteiger partial charge in [0, 0.05) is 18.3 Å². The lowest BCUT2D eigenvalue weighted by molar-refractivity contribution is 0.102. The number of hydrogen-bond acceptors (Lipinski definition) is 4. The first-order chi connectivity index (χ1) is 11.6. The number of hydrogen-bond donors (Lipinski definition) is 2. The molecule has 1 heterocycles. The molecule has 5 nitrogen and oxygen atoms in total. The molecule has 0 unspecified atom stereocenters. The molecule has 0 saturated carbocycles. The Labute approximate surface area is 143 Å². The largest absolute Gasteiger partial charge is 0.366 e. The minimum Gasteiger partial charge on any atom is -0.366 e. The van der Waals surface area contributed by atoms with Gasteiger partial charge in [0.25, 0.3) is 5.91 Å². The van der Waals surface area contributed by atoms with Gasteiger partial charge in [-0.1, -0.05) is 38.1 Å². The molecule has 0 atom stereocenters. The normalized spacial score (nSPS) is 10.3. The van der Waals surface area contributed by atoms with Gasteiger partial charge in [-0.2, -0.15) is 0 Å². The van der Waals surface area contributed by atoms with Crippen molar-refractivity contribution in [2.75, 3.05) is 17.2 Å². The molecule has 1 aromatic heterocycles. The fraction of sp³-hybridized carbons (Fsp3) is 0.316. The molecule has 1 aromatic carbocycles. The third-order valence-electron chi connectivity index (χ3n) is 3.74. The van der Waals surface area contributed by atoms with Crippen LogP contribution in [0.5, 0.6) is 0 Å². The van der Waals surface area contributed by atoms with Crippen LogP contribution >= 0.6 is 0 Å². The number of benzene rings is 1. The average molecular weight is 324 g/mol. The summed E-state index contributed by atoms with van der Waals surface area (Å²) in [7, 11) is 0. The number of para-hydroxylation sites is 1. The number of carbonyl (C=O) groups excluding carboxylic acids is 1. The Kier molecular flexibility index (Phi) is 6.07. The minimum atomic E-state index is -0.224. The summed E-state index contributed by atoms with van der Waals surface area (Å²) < 4.78 is 0. The SMILES string of the molecule is C=CCNc1cc(C(=O)Nc2c(CC)cccc2CC)nc(C)n1. The highest BCUT2D eigenvalue weighted by atomic mass is 16.1. The predicted molar refractivity (Wildman–Crippen MR) is 98.6 cm³/mol. The zero-order chi connectivity index (χ0) is 17.5.